The fourth-order valence-electron chi connectivity index (χ4n) is 4.67. The molecule has 1 unspecified atom stereocenters. The van der Waals surface area contributed by atoms with E-state index in [1.54, 1.807) is 0 Å². The number of benzene rings is 3. The molecule has 1 aromatic heterocycles. The molecule has 0 saturated carbocycles. The van der Waals surface area contributed by atoms with Gasteiger partial charge < -0.3 is 10.3 Å². The summed E-state index contributed by atoms with van der Waals surface area (Å²) in [7, 11) is 0. The lowest BCUT2D eigenvalue weighted by Crippen LogP contribution is -2.29. The van der Waals surface area contributed by atoms with Crippen molar-refractivity contribution in [2.24, 2.45) is 0 Å². The van der Waals surface area contributed by atoms with E-state index in [1.807, 2.05) is 36.4 Å². The number of amides is 1. The van der Waals surface area contributed by atoms with Crippen LogP contribution in [0.4, 0.5) is 0 Å². The summed E-state index contributed by atoms with van der Waals surface area (Å²) in [4.78, 5) is 17.5. The molecule has 1 heterocycles. The van der Waals surface area contributed by atoms with Gasteiger partial charge in [-0.05, 0) is 47.1 Å². The smallest absolute Gasteiger partial charge is 0.254 e. The fraction of sp³-hybridized carbons (Fsp3) is 0.258. The molecule has 3 nitrogen and oxygen atoms in total. The molecule has 2 N–H and O–H groups in total. The molecule has 0 radical (unpaired) electrons. The lowest BCUT2D eigenvalue weighted by atomic mass is 9.97. The Morgan fingerprint density at radius 3 is 2.00 bits per heavy atom. The molecule has 174 valence electrons. The summed E-state index contributed by atoms with van der Waals surface area (Å²) in [6.07, 6.45) is 3.77. The van der Waals surface area contributed by atoms with Crippen LogP contribution in [0.5, 0.6) is 0 Å². The largest absolute Gasteiger partial charge is 0.354 e. The van der Waals surface area contributed by atoms with Crippen LogP contribution in [0.25, 0.3) is 22.5 Å². The molecule has 1 amide bonds. The molecule has 0 bridgehead atoms. The second kappa shape index (κ2) is 11.0. The standard InChI is InChI=1S/C31H34N2O/c1-4-13-22-18-20-25(21-19-22)30-28(26(5-2)29(33-30)24-16-11-8-12-17-24)31(34)32-27(6-3)23-14-9-7-10-15-23/h7-12,14-21,27,33H,4-6,13H2,1-3H3,(H,32,34). The van der Waals surface area contributed by atoms with Crippen LogP contribution in [-0.2, 0) is 12.8 Å². The van der Waals surface area contributed by atoms with E-state index in [2.05, 4.69) is 79.6 Å². The quantitative estimate of drug-likeness (QED) is 0.269. The summed E-state index contributed by atoms with van der Waals surface area (Å²) in [6, 6.07) is 29.1. The molecule has 4 aromatic rings. The number of aromatic amines is 1. The number of aryl methyl sites for hydroxylation is 1. The zero-order valence-corrected chi connectivity index (χ0v) is 20.4. The van der Waals surface area contributed by atoms with Gasteiger partial charge in [-0.15, -0.1) is 0 Å². The van der Waals surface area contributed by atoms with E-state index in [4.69, 9.17) is 0 Å². The number of carbonyl (C=O) groups is 1. The fourth-order valence-corrected chi connectivity index (χ4v) is 4.67. The number of hydrogen-bond acceptors (Lipinski definition) is 1. The van der Waals surface area contributed by atoms with E-state index in [0.29, 0.717) is 0 Å². The van der Waals surface area contributed by atoms with Crippen molar-refractivity contribution in [1.82, 2.24) is 10.3 Å². The molecular weight excluding hydrogens is 416 g/mol. The van der Waals surface area contributed by atoms with Gasteiger partial charge in [0.25, 0.3) is 5.91 Å². The van der Waals surface area contributed by atoms with Crippen LogP contribution in [0.3, 0.4) is 0 Å². The van der Waals surface area contributed by atoms with Crippen molar-refractivity contribution in [2.75, 3.05) is 0 Å². The third-order valence-corrected chi connectivity index (χ3v) is 6.44. The van der Waals surface area contributed by atoms with Gasteiger partial charge in [0.2, 0.25) is 0 Å². The summed E-state index contributed by atoms with van der Waals surface area (Å²) in [5, 5.41) is 3.32. The van der Waals surface area contributed by atoms with Crippen molar-refractivity contribution in [3.05, 3.63) is 107 Å². The second-order valence-corrected chi connectivity index (χ2v) is 8.74. The summed E-state index contributed by atoms with van der Waals surface area (Å²) in [5.41, 5.74) is 8.29. The summed E-state index contributed by atoms with van der Waals surface area (Å²) in [6.45, 7) is 6.42. The van der Waals surface area contributed by atoms with Crippen molar-refractivity contribution in [1.29, 1.82) is 0 Å². The predicted octanol–water partition coefficient (Wildman–Crippen LogP) is 7.74. The van der Waals surface area contributed by atoms with Crippen molar-refractivity contribution < 1.29 is 4.79 Å². The van der Waals surface area contributed by atoms with Crippen LogP contribution in [-0.4, -0.2) is 10.9 Å². The van der Waals surface area contributed by atoms with Gasteiger partial charge in [0.05, 0.1) is 17.3 Å². The first-order valence-electron chi connectivity index (χ1n) is 12.4. The summed E-state index contributed by atoms with van der Waals surface area (Å²) >= 11 is 0. The average molecular weight is 451 g/mol. The van der Waals surface area contributed by atoms with Crippen LogP contribution in [0.2, 0.25) is 0 Å². The third-order valence-electron chi connectivity index (χ3n) is 6.44. The molecule has 0 spiro atoms. The van der Waals surface area contributed by atoms with Crippen LogP contribution < -0.4 is 5.32 Å². The monoisotopic (exact) mass is 450 g/mol. The topological polar surface area (TPSA) is 44.9 Å². The van der Waals surface area contributed by atoms with Gasteiger partial charge in [-0.2, -0.15) is 0 Å². The Morgan fingerprint density at radius 2 is 1.41 bits per heavy atom. The minimum absolute atomic E-state index is 0.0291. The van der Waals surface area contributed by atoms with Gasteiger partial charge in [0.1, 0.15) is 0 Å². The lowest BCUT2D eigenvalue weighted by molar-refractivity contribution is 0.0935. The third kappa shape index (κ3) is 4.99. The highest BCUT2D eigenvalue weighted by Crippen LogP contribution is 2.35. The van der Waals surface area contributed by atoms with Gasteiger partial charge in [-0.3, -0.25) is 4.79 Å². The number of carbonyl (C=O) groups excluding carboxylic acids is 1. The minimum atomic E-state index is -0.0340. The maximum atomic E-state index is 13.8. The highest BCUT2D eigenvalue weighted by molar-refractivity contribution is 6.04. The van der Waals surface area contributed by atoms with Crippen molar-refractivity contribution in [3.63, 3.8) is 0 Å². The number of rotatable bonds is 9. The first-order chi connectivity index (χ1) is 16.7. The first kappa shape index (κ1) is 23.6. The van der Waals surface area contributed by atoms with Gasteiger partial charge >= 0.3 is 0 Å². The molecule has 4 rings (SSSR count). The Kier molecular flexibility index (Phi) is 7.64. The van der Waals surface area contributed by atoms with Gasteiger partial charge in [0.15, 0.2) is 0 Å². The Labute approximate surface area is 203 Å². The van der Waals surface area contributed by atoms with Crippen LogP contribution >= 0.6 is 0 Å². The van der Waals surface area contributed by atoms with Gasteiger partial charge in [-0.25, -0.2) is 0 Å². The number of hydrogen-bond donors (Lipinski definition) is 2. The number of aromatic nitrogens is 1. The highest BCUT2D eigenvalue weighted by atomic mass is 16.1. The van der Waals surface area contributed by atoms with E-state index in [0.717, 1.165) is 64.9 Å². The van der Waals surface area contributed by atoms with Crippen LogP contribution in [0, 0.1) is 0 Å². The van der Waals surface area contributed by atoms with Crippen molar-refractivity contribution in [2.45, 2.75) is 52.5 Å². The Balaban J connectivity index is 1.80. The van der Waals surface area contributed by atoms with E-state index < -0.39 is 0 Å². The lowest BCUT2D eigenvalue weighted by Gasteiger charge is -2.18. The average Bonchev–Trinajstić information content (AvgIpc) is 3.28. The normalized spacial score (nSPS) is 11.9. The van der Waals surface area contributed by atoms with Crippen molar-refractivity contribution in [3.8, 4) is 22.5 Å². The van der Waals surface area contributed by atoms with Crippen LogP contribution in [0.15, 0.2) is 84.9 Å². The minimum Gasteiger partial charge on any atom is -0.354 e. The molecule has 0 fully saturated rings. The SMILES string of the molecule is CCCc1ccc(-c2[nH]c(-c3ccccc3)c(CC)c2C(=O)NC(CC)c2ccccc2)cc1. The first-order valence-corrected chi connectivity index (χ1v) is 12.4. The molecule has 3 aromatic carbocycles. The number of H-pyrrole nitrogens is 1. The summed E-state index contributed by atoms with van der Waals surface area (Å²) in [5.74, 6) is -0.0291. The van der Waals surface area contributed by atoms with Gasteiger partial charge in [-0.1, -0.05) is 112 Å². The molecule has 0 aliphatic carbocycles. The zero-order valence-electron chi connectivity index (χ0n) is 20.4. The Morgan fingerprint density at radius 1 is 0.794 bits per heavy atom. The molecule has 1 atom stereocenters. The zero-order chi connectivity index (χ0) is 23.9. The Hall–Kier alpha value is -3.59. The van der Waals surface area contributed by atoms with Crippen molar-refractivity contribution >= 4 is 5.91 Å². The van der Waals surface area contributed by atoms with E-state index >= 15 is 0 Å². The number of nitrogens with one attached hydrogen (secondary N) is 2. The molecule has 3 heteroatoms. The molecule has 0 saturated heterocycles. The second-order valence-electron chi connectivity index (χ2n) is 8.74. The molecular formula is C31H34N2O. The van der Waals surface area contributed by atoms with E-state index in [-0.39, 0.29) is 11.9 Å². The maximum Gasteiger partial charge on any atom is 0.254 e. The molecule has 0 aliphatic heterocycles. The molecule has 34 heavy (non-hydrogen) atoms. The van der Waals surface area contributed by atoms with E-state index in [1.165, 1.54) is 5.56 Å². The van der Waals surface area contributed by atoms with Crippen LogP contribution in [0.1, 0.15) is 66.7 Å². The summed E-state index contributed by atoms with van der Waals surface area (Å²) < 4.78 is 0. The Bertz CT molecular complexity index is 1210. The maximum absolute atomic E-state index is 13.8. The van der Waals surface area contributed by atoms with Gasteiger partial charge in [0, 0.05) is 5.69 Å². The predicted molar refractivity (Wildman–Crippen MR) is 142 cm³/mol. The highest BCUT2D eigenvalue weighted by Gasteiger charge is 2.25. The molecule has 0 aliphatic rings. The van der Waals surface area contributed by atoms with E-state index in [9.17, 15) is 4.79 Å².